The molecule has 0 spiro atoms. The summed E-state index contributed by atoms with van der Waals surface area (Å²) in [4.78, 5) is 11.4. The summed E-state index contributed by atoms with van der Waals surface area (Å²) in [5.41, 5.74) is 0.615. The van der Waals surface area contributed by atoms with E-state index in [4.69, 9.17) is 4.74 Å². The van der Waals surface area contributed by atoms with Gasteiger partial charge in [0.15, 0.2) is 0 Å². The number of unbranched alkanes of at least 4 members (excludes halogenated alkanes) is 5. The highest BCUT2D eigenvalue weighted by Crippen LogP contribution is 2.12. The summed E-state index contributed by atoms with van der Waals surface area (Å²) < 4.78 is 5.07. The molecule has 0 aromatic rings. The van der Waals surface area contributed by atoms with E-state index in [1.54, 1.807) is 0 Å². The maximum Gasteiger partial charge on any atom is 0.333 e. The molecule has 94 valence electrons. The molecule has 0 aliphatic carbocycles. The second-order valence-corrected chi connectivity index (χ2v) is 4.58. The number of hydrogen-bond acceptors (Lipinski definition) is 2. The zero-order valence-corrected chi connectivity index (χ0v) is 11.1. The van der Waals surface area contributed by atoms with Crippen LogP contribution in [0.15, 0.2) is 12.2 Å². The lowest BCUT2D eigenvalue weighted by Gasteiger charge is -2.09. The first-order valence-corrected chi connectivity index (χ1v) is 6.46. The Kier molecular flexibility index (Phi) is 8.97. The average Bonchev–Trinajstić information content (AvgIpc) is 2.21. The van der Waals surface area contributed by atoms with Crippen LogP contribution in [0.5, 0.6) is 0 Å². The van der Waals surface area contributed by atoms with Crippen LogP contribution < -0.4 is 0 Å². The summed E-state index contributed by atoms with van der Waals surface area (Å²) >= 11 is 0. The summed E-state index contributed by atoms with van der Waals surface area (Å²) in [5.74, 6) is -0.233. The third-order valence-electron chi connectivity index (χ3n) is 2.46. The highest BCUT2D eigenvalue weighted by molar-refractivity contribution is 5.87. The van der Waals surface area contributed by atoms with Crippen molar-refractivity contribution in [2.75, 3.05) is 0 Å². The Bertz CT molecular complexity index is 207. The van der Waals surface area contributed by atoms with Crippen LogP contribution in [-0.2, 0) is 9.53 Å². The van der Waals surface area contributed by atoms with E-state index in [1.807, 2.05) is 13.8 Å². The van der Waals surface area contributed by atoms with Gasteiger partial charge in [0.1, 0.15) is 0 Å². The highest BCUT2D eigenvalue weighted by Gasteiger charge is 2.09. The van der Waals surface area contributed by atoms with E-state index in [0.717, 1.165) is 12.8 Å². The molecule has 0 unspecified atom stereocenters. The third-order valence-corrected chi connectivity index (χ3v) is 2.46. The van der Waals surface area contributed by atoms with Crippen LogP contribution in [0, 0.1) is 0 Å². The third kappa shape index (κ3) is 8.51. The molecule has 0 amide bonds. The molecule has 0 radical (unpaired) electrons. The van der Waals surface area contributed by atoms with Gasteiger partial charge < -0.3 is 4.74 Å². The van der Waals surface area contributed by atoms with E-state index in [-0.39, 0.29) is 12.1 Å². The Balaban J connectivity index is 3.46. The topological polar surface area (TPSA) is 26.3 Å². The van der Waals surface area contributed by atoms with E-state index in [2.05, 4.69) is 13.5 Å². The molecule has 0 aliphatic heterocycles. The fourth-order valence-corrected chi connectivity index (χ4v) is 1.52. The maximum absolute atomic E-state index is 11.4. The Hall–Kier alpha value is -0.790. The first-order valence-electron chi connectivity index (χ1n) is 6.46. The molecule has 0 saturated heterocycles. The second kappa shape index (κ2) is 9.44. The lowest BCUT2D eigenvalue weighted by atomic mass is 10.1. The zero-order chi connectivity index (χ0) is 12.4. The lowest BCUT2D eigenvalue weighted by Crippen LogP contribution is -2.13. The van der Waals surface area contributed by atoms with Crippen molar-refractivity contribution in [3.05, 3.63) is 12.2 Å². The first-order chi connectivity index (χ1) is 7.57. The van der Waals surface area contributed by atoms with E-state index in [1.165, 1.54) is 32.1 Å². The lowest BCUT2D eigenvalue weighted by molar-refractivity contribution is -0.142. The summed E-state index contributed by atoms with van der Waals surface area (Å²) in [6, 6.07) is 0. The molecule has 0 aliphatic rings. The number of esters is 1. The number of rotatable bonds is 9. The number of ether oxygens (including phenoxy) is 1. The Morgan fingerprint density at radius 1 is 1.12 bits per heavy atom. The highest BCUT2D eigenvalue weighted by atomic mass is 16.5. The second-order valence-electron chi connectivity index (χ2n) is 4.58. The predicted octanol–water partition coefficient (Wildman–Crippen LogP) is 4.24. The van der Waals surface area contributed by atoms with Gasteiger partial charge in [0.05, 0.1) is 6.10 Å². The molecule has 0 fully saturated rings. The van der Waals surface area contributed by atoms with Gasteiger partial charge in [0.2, 0.25) is 0 Å². The van der Waals surface area contributed by atoms with Gasteiger partial charge in [-0.15, -0.1) is 0 Å². The maximum atomic E-state index is 11.4. The fourth-order valence-electron chi connectivity index (χ4n) is 1.52. The monoisotopic (exact) mass is 226 g/mol. The van der Waals surface area contributed by atoms with Crippen molar-refractivity contribution in [3.63, 3.8) is 0 Å². The fraction of sp³-hybridized carbons (Fsp3) is 0.786. The van der Waals surface area contributed by atoms with Gasteiger partial charge in [0.25, 0.3) is 0 Å². The standard InChI is InChI=1S/C14H26O2/c1-5-6-7-8-9-10-11-13(4)14(15)16-12(2)3/h12H,4-11H2,1-3H3. The molecule has 0 rings (SSSR count). The largest absolute Gasteiger partial charge is 0.460 e. The quantitative estimate of drug-likeness (QED) is 0.334. The van der Waals surface area contributed by atoms with E-state index < -0.39 is 0 Å². The minimum Gasteiger partial charge on any atom is -0.460 e. The van der Waals surface area contributed by atoms with Crippen LogP contribution in [0.1, 0.15) is 65.7 Å². The van der Waals surface area contributed by atoms with Gasteiger partial charge in [0, 0.05) is 5.57 Å². The van der Waals surface area contributed by atoms with Crippen molar-refractivity contribution >= 4 is 5.97 Å². The molecule has 0 saturated carbocycles. The summed E-state index contributed by atoms with van der Waals surface area (Å²) in [6.07, 6.45) is 8.12. The van der Waals surface area contributed by atoms with Crippen LogP contribution in [-0.4, -0.2) is 12.1 Å². The Morgan fingerprint density at radius 3 is 2.25 bits per heavy atom. The van der Waals surface area contributed by atoms with Crippen LogP contribution in [0.2, 0.25) is 0 Å². The van der Waals surface area contributed by atoms with Gasteiger partial charge in [-0.2, -0.15) is 0 Å². The van der Waals surface area contributed by atoms with Crippen LogP contribution >= 0.6 is 0 Å². The Morgan fingerprint density at radius 2 is 1.69 bits per heavy atom. The molecule has 0 atom stereocenters. The van der Waals surface area contributed by atoms with Gasteiger partial charge in [-0.05, 0) is 26.7 Å². The molecule has 16 heavy (non-hydrogen) atoms. The summed E-state index contributed by atoms with van der Waals surface area (Å²) in [7, 11) is 0. The van der Waals surface area contributed by atoms with Crippen molar-refractivity contribution in [2.24, 2.45) is 0 Å². The predicted molar refractivity (Wildman–Crippen MR) is 68.4 cm³/mol. The number of hydrogen-bond donors (Lipinski definition) is 0. The van der Waals surface area contributed by atoms with Crippen molar-refractivity contribution in [1.82, 2.24) is 0 Å². The smallest absolute Gasteiger partial charge is 0.333 e. The van der Waals surface area contributed by atoms with Crippen LogP contribution in [0.3, 0.4) is 0 Å². The molecule has 2 heteroatoms. The molecular formula is C14H26O2. The normalized spacial score (nSPS) is 10.5. The van der Waals surface area contributed by atoms with Crippen LogP contribution in [0.4, 0.5) is 0 Å². The zero-order valence-electron chi connectivity index (χ0n) is 11.1. The molecule has 0 heterocycles. The molecule has 0 N–H and O–H groups in total. The summed E-state index contributed by atoms with van der Waals surface area (Å²) in [5, 5.41) is 0. The molecule has 2 nitrogen and oxygen atoms in total. The van der Waals surface area contributed by atoms with Crippen molar-refractivity contribution < 1.29 is 9.53 Å². The average molecular weight is 226 g/mol. The molecule has 0 aromatic heterocycles. The number of carbonyl (C=O) groups is 1. The van der Waals surface area contributed by atoms with Crippen molar-refractivity contribution in [2.45, 2.75) is 71.8 Å². The van der Waals surface area contributed by atoms with Gasteiger partial charge in [-0.3, -0.25) is 0 Å². The van der Waals surface area contributed by atoms with Gasteiger partial charge in [-0.1, -0.05) is 45.6 Å². The minimum atomic E-state index is -0.233. The number of carbonyl (C=O) groups excluding carboxylic acids is 1. The van der Waals surface area contributed by atoms with Crippen molar-refractivity contribution in [3.8, 4) is 0 Å². The van der Waals surface area contributed by atoms with Crippen LogP contribution in [0.25, 0.3) is 0 Å². The molecule has 0 bridgehead atoms. The van der Waals surface area contributed by atoms with E-state index >= 15 is 0 Å². The van der Waals surface area contributed by atoms with Gasteiger partial charge in [-0.25, -0.2) is 4.79 Å². The molecule has 0 aromatic carbocycles. The minimum absolute atomic E-state index is 0.0474. The SMILES string of the molecule is C=C(CCCCCCCC)C(=O)OC(C)C. The van der Waals surface area contributed by atoms with Crippen molar-refractivity contribution in [1.29, 1.82) is 0 Å². The molecular weight excluding hydrogens is 200 g/mol. The summed E-state index contributed by atoms with van der Waals surface area (Å²) in [6.45, 7) is 9.69. The van der Waals surface area contributed by atoms with E-state index in [0.29, 0.717) is 5.57 Å². The van der Waals surface area contributed by atoms with E-state index in [9.17, 15) is 4.79 Å². The first kappa shape index (κ1) is 15.2. The van der Waals surface area contributed by atoms with Gasteiger partial charge >= 0.3 is 5.97 Å². The Labute approximate surface area is 100 Å².